The van der Waals surface area contributed by atoms with Gasteiger partial charge in [-0.25, -0.2) is 0 Å². The average Bonchev–Trinajstić information content (AvgIpc) is 2.53. The maximum atomic E-state index is 3.83. The molecule has 0 spiro atoms. The van der Waals surface area contributed by atoms with Crippen LogP contribution in [0.4, 0.5) is 0 Å². The summed E-state index contributed by atoms with van der Waals surface area (Å²) in [4.78, 5) is 0. The van der Waals surface area contributed by atoms with Gasteiger partial charge in [0.1, 0.15) is 0 Å². The first-order valence-electron chi connectivity index (χ1n) is 10.6. The zero-order chi connectivity index (χ0) is 17.2. The molecule has 2 heteroatoms. The fourth-order valence-electron chi connectivity index (χ4n) is 3.29. The predicted molar refractivity (Wildman–Crippen MR) is 107 cm³/mol. The molecule has 0 aliphatic rings. The quantitative estimate of drug-likeness (QED) is 0.196. The minimum atomic E-state index is 0. The number of nitrogens with zero attached hydrogens (tertiary/aromatic N) is 1. The maximum Gasteiger partial charge on any atom is 0.0817 e. The Morgan fingerprint density at radius 3 is 1.38 bits per heavy atom. The zero-order valence-corrected chi connectivity index (χ0v) is 17.9. The van der Waals surface area contributed by atoms with Crippen LogP contribution in [0, 0.1) is 0 Å². The Kier molecular flexibility index (Phi) is 21.1. The lowest BCUT2D eigenvalue weighted by Crippen LogP contribution is -3.00. The van der Waals surface area contributed by atoms with E-state index in [9.17, 15) is 0 Å². The minimum absolute atomic E-state index is 0. The molecule has 0 aromatic heterocycles. The number of hydrogen-bond donors (Lipinski definition) is 0. The molecule has 1 nitrogen and oxygen atoms in total. The second-order valence-corrected chi connectivity index (χ2v) is 8.06. The molecule has 0 rings (SSSR count). The van der Waals surface area contributed by atoms with Gasteiger partial charge >= 0.3 is 0 Å². The van der Waals surface area contributed by atoms with E-state index in [2.05, 4.69) is 27.6 Å². The number of hydrogen-bond acceptors (Lipinski definition) is 0. The smallest absolute Gasteiger partial charge is 0.0817 e. The average molecular weight is 360 g/mol. The molecule has 0 aliphatic carbocycles. The van der Waals surface area contributed by atoms with Crippen molar-refractivity contribution in [1.29, 1.82) is 0 Å². The molecular weight excluding hydrogens is 314 g/mol. The van der Waals surface area contributed by atoms with Gasteiger partial charge in [0.2, 0.25) is 0 Å². The Morgan fingerprint density at radius 2 is 1.00 bits per heavy atom. The molecule has 24 heavy (non-hydrogen) atoms. The summed E-state index contributed by atoms with van der Waals surface area (Å²) in [6.07, 6.45) is 23.5. The molecule has 0 fully saturated rings. The molecule has 146 valence electrons. The van der Waals surface area contributed by atoms with Crippen molar-refractivity contribution in [3.8, 4) is 0 Å². The monoisotopic (exact) mass is 359 g/mol. The Balaban J connectivity index is 0. The fourth-order valence-corrected chi connectivity index (χ4v) is 3.29. The van der Waals surface area contributed by atoms with Crippen LogP contribution in [0.1, 0.15) is 103 Å². The third-order valence-electron chi connectivity index (χ3n) is 5.06. The normalized spacial score (nSPS) is 11.3. The van der Waals surface area contributed by atoms with Crippen LogP contribution >= 0.6 is 0 Å². The molecule has 0 saturated carbocycles. The van der Waals surface area contributed by atoms with Crippen molar-refractivity contribution in [1.82, 2.24) is 0 Å². The molecule has 0 aromatic rings. The van der Waals surface area contributed by atoms with Crippen LogP contribution in [-0.2, 0) is 0 Å². The lowest BCUT2D eigenvalue weighted by Gasteiger charge is -2.29. The van der Waals surface area contributed by atoms with Gasteiger partial charge in [-0.1, -0.05) is 90.0 Å². The summed E-state index contributed by atoms with van der Waals surface area (Å²) in [6, 6.07) is 0. The Hall–Kier alpha value is -0.0100. The van der Waals surface area contributed by atoms with Crippen molar-refractivity contribution >= 4 is 0 Å². The molecular formula is C22H46ClN. The molecule has 0 amide bonds. The summed E-state index contributed by atoms with van der Waals surface area (Å²) in [5.74, 6) is 0. The van der Waals surface area contributed by atoms with E-state index in [1.165, 1.54) is 103 Å². The van der Waals surface area contributed by atoms with Crippen LogP contribution in [0.5, 0.6) is 0 Å². The van der Waals surface area contributed by atoms with Gasteiger partial charge in [-0.15, -0.1) is 6.58 Å². The van der Waals surface area contributed by atoms with Crippen molar-refractivity contribution in [3.63, 3.8) is 0 Å². The molecule has 0 N–H and O–H groups in total. The third kappa shape index (κ3) is 20.0. The summed E-state index contributed by atoms with van der Waals surface area (Å²) in [5, 5.41) is 0. The lowest BCUT2D eigenvalue weighted by atomic mass is 10.0. The Morgan fingerprint density at radius 1 is 0.625 bits per heavy atom. The third-order valence-corrected chi connectivity index (χ3v) is 5.06. The van der Waals surface area contributed by atoms with Crippen molar-refractivity contribution in [2.24, 2.45) is 0 Å². The minimum Gasteiger partial charge on any atom is -1.00 e. The second-order valence-electron chi connectivity index (χ2n) is 8.06. The highest BCUT2D eigenvalue weighted by Crippen LogP contribution is 2.13. The predicted octanol–water partition coefficient (Wildman–Crippen LogP) is 4.12. The highest BCUT2D eigenvalue weighted by Gasteiger charge is 2.12. The standard InChI is InChI=1S/C22H46N.ClH/c1-5-7-9-10-11-12-13-14-15-16-17-18-19-20-22-23(3,4)21-8-6-2;/h6H,2,5,7-22H2,1,3-4H3;1H/q+1;/p-1. The summed E-state index contributed by atoms with van der Waals surface area (Å²) < 4.78 is 1.16. The summed E-state index contributed by atoms with van der Waals surface area (Å²) in [5.41, 5.74) is 0. The van der Waals surface area contributed by atoms with E-state index in [1.54, 1.807) is 0 Å². The van der Waals surface area contributed by atoms with Crippen molar-refractivity contribution in [2.45, 2.75) is 103 Å². The number of unbranched alkanes of at least 4 members (excludes halogenated alkanes) is 13. The molecule has 0 bridgehead atoms. The van der Waals surface area contributed by atoms with E-state index in [0.29, 0.717) is 0 Å². The Bertz CT molecular complexity index is 250. The highest BCUT2D eigenvalue weighted by atomic mass is 35.5. The SMILES string of the molecule is C=CCC[N+](C)(C)CCCCCCCCCCCCCCCC.[Cl-]. The molecule has 0 aliphatic heterocycles. The van der Waals surface area contributed by atoms with Gasteiger partial charge in [0, 0.05) is 6.42 Å². The summed E-state index contributed by atoms with van der Waals surface area (Å²) in [7, 11) is 4.71. The Labute approximate surface area is 160 Å². The maximum absolute atomic E-state index is 3.83. The van der Waals surface area contributed by atoms with E-state index in [0.717, 1.165) is 10.9 Å². The first kappa shape index (κ1) is 26.2. The summed E-state index contributed by atoms with van der Waals surface area (Å²) in [6.45, 7) is 8.68. The first-order valence-corrected chi connectivity index (χ1v) is 10.6. The topological polar surface area (TPSA) is 0 Å². The van der Waals surface area contributed by atoms with Crippen LogP contribution in [0.25, 0.3) is 0 Å². The van der Waals surface area contributed by atoms with Gasteiger partial charge in [0.05, 0.1) is 27.2 Å². The molecule has 0 unspecified atom stereocenters. The number of rotatable bonds is 18. The van der Waals surface area contributed by atoms with Crippen LogP contribution in [-0.4, -0.2) is 31.7 Å². The van der Waals surface area contributed by atoms with Gasteiger partial charge in [0.15, 0.2) is 0 Å². The zero-order valence-electron chi connectivity index (χ0n) is 17.1. The molecule has 0 radical (unpaired) electrons. The van der Waals surface area contributed by atoms with Crippen LogP contribution in [0.15, 0.2) is 12.7 Å². The highest BCUT2D eigenvalue weighted by molar-refractivity contribution is 4.64. The van der Waals surface area contributed by atoms with Gasteiger partial charge in [-0.2, -0.15) is 0 Å². The van der Waals surface area contributed by atoms with Gasteiger partial charge in [-0.3, -0.25) is 0 Å². The molecule has 0 atom stereocenters. The van der Waals surface area contributed by atoms with Gasteiger partial charge < -0.3 is 16.9 Å². The van der Waals surface area contributed by atoms with Crippen LogP contribution < -0.4 is 12.4 Å². The van der Waals surface area contributed by atoms with E-state index in [4.69, 9.17) is 0 Å². The van der Waals surface area contributed by atoms with E-state index >= 15 is 0 Å². The molecule has 0 saturated heterocycles. The van der Waals surface area contributed by atoms with Crippen molar-refractivity contribution in [2.75, 3.05) is 27.2 Å². The first-order chi connectivity index (χ1) is 11.1. The number of halogens is 1. The van der Waals surface area contributed by atoms with E-state index in [1.807, 2.05) is 6.08 Å². The van der Waals surface area contributed by atoms with Crippen molar-refractivity contribution in [3.05, 3.63) is 12.7 Å². The fraction of sp³-hybridized carbons (Fsp3) is 0.909. The lowest BCUT2D eigenvalue weighted by molar-refractivity contribution is -0.890. The summed E-state index contributed by atoms with van der Waals surface area (Å²) >= 11 is 0. The van der Waals surface area contributed by atoms with E-state index < -0.39 is 0 Å². The van der Waals surface area contributed by atoms with Crippen LogP contribution in [0.3, 0.4) is 0 Å². The van der Waals surface area contributed by atoms with Crippen LogP contribution in [0.2, 0.25) is 0 Å². The van der Waals surface area contributed by atoms with Crippen molar-refractivity contribution < 1.29 is 16.9 Å². The number of quaternary nitrogens is 1. The molecule has 0 aromatic carbocycles. The molecule has 0 heterocycles. The van der Waals surface area contributed by atoms with E-state index in [-0.39, 0.29) is 12.4 Å². The largest absolute Gasteiger partial charge is 1.00 e. The van der Waals surface area contributed by atoms with Gasteiger partial charge in [0.25, 0.3) is 0 Å². The second kappa shape index (κ2) is 19.3. The van der Waals surface area contributed by atoms with Gasteiger partial charge in [-0.05, 0) is 12.8 Å².